The summed E-state index contributed by atoms with van der Waals surface area (Å²) in [5.74, 6) is -0.722. The molecule has 1 amide bonds. The lowest BCUT2D eigenvalue weighted by Crippen LogP contribution is -2.34. The maximum atomic E-state index is 13.0. The molecule has 0 saturated carbocycles. The third-order valence-electron chi connectivity index (χ3n) is 3.63. The number of halogens is 1. The topological polar surface area (TPSA) is 81.0 Å². The number of amides is 1. The van der Waals surface area contributed by atoms with Gasteiger partial charge in [0.25, 0.3) is 5.56 Å². The molecular weight excluding hydrogens is 345 g/mol. The van der Waals surface area contributed by atoms with Crippen LogP contribution in [0.4, 0.5) is 10.1 Å². The van der Waals surface area contributed by atoms with Crippen LogP contribution in [0.5, 0.6) is 0 Å². The Morgan fingerprint density at radius 2 is 2.00 bits per heavy atom. The van der Waals surface area contributed by atoms with Gasteiger partial charge in [-0.15, -0.1) is 0 Å². The van der Waals surface area contributed by atoms with Gasteiger partial charge in [-0.05, 0) is 30.5 Å². The molecule has 25 heavy (non-hydrogen) atoms. The fourth-order valence-electron chi connectivity index (χ4n) is 2.21. The minimum absolute atomic E-state index is 0.195. The Bertz CT molecular complexity index is 990. The fourth-order valence-corrected chi connectivity index (χ4v) is 2.55. The molecule has 0 bridgehead atoms. The number of nitrogens with zero attached hydrogens (tertiary/aromatic N) is 5. The number of carbonyl (C=O) groups excluding carboxylic acids is 1. The molecule has 0 radical (unpaired) electrons. The van der Waals surface area contributed by atoms with Crippen molar-refractivity contribution in [1.82, 2.24) is 19.5 Å². The van der Waals surface area contributed by atoms with E-state index in [4.69, 9.17) is 0 Å². The van der Waals surface area contributed by atoms with E-state index in [2.05, 4.69) is 15.0 Å². The van der Waals surface area contributed by atoms with Crippen molar-refractivity contribution in [1.29, 1.82) is 0 Å². The lowest BCUT2D eigenvalue weighted by atomic mass is 10.3. The SMILES string of the molecule is CSc1ncc2c(=O)n(CC(=O)N(C)c3ccc(F)cc3)cnc2n1. The number of thioether (sulfide) groups is 1. The van der Waals surface area contributed by atoms with Crippen molar-refractivity contribution in [2.45, 2.75) is 11.7 Å². The molecule has 9 heteroatoms. The van der Waals surface area contributed by atoms with Gasteiger partial charge in [-0.1, -0.05) is 11.8 Å². The Morgan fingerprint density at radius 3 is 2.68 bits per heavy atom. The van der Waals surface area contributed by atoms with Gasteiger partial charge >= 0.3 is 0 Å². The molecule has 0 fully saturated rings. The number of likely N-dealkylation sites (N-methyl/N-ethyl adjacent to an activating group) is 1. The molecule has 1 aromatic carbocycles. The predicted molar refractivity (Wildman–Crippen MR) is 93.2 cm³/mol. The van der Waals surface area contributed by atoms with Gasteiger partial charge in [0.2, 0.25) is 5.91 Å². The summed E-state index contributed by atoms with van der Waals surface area (Å²) in [5.41, 5.74) is 0.430. The Balaban J connectivity index is 1.87. The molecule has 0 atom stereocenters. The lowest BCUT2D eigenvalue weighted by Gasteiger charge is -2.17. The molecule has 3 aromatic rings. The molecular formula is C16H14FN5O2S. The molecule has 0 saturated heterocycles. The minimum atomic E-state index is -0.390. The number of hydrogen-bond acceptors (Lipinski definition) is 6. The van der Waals surface area contributed by atoms with E-state index in [1.54, 1.807) is 7.05 Å². The first-order valence-electron chi connectivity index (χ1n) is 7.28. The maximum Gasteiger partial charge on any atom is 0.264 e. The lowest BCUT2D eigenvalue weighted by molar-refractivity contribution is -0.118. The zero-order valence-corrected chi connectivity index (χ0v) is 14.3. The van der Waals surface area contributed by atoms with Crippen LogP contribution in [0.3, 0.4) is 0 Å². The minimum Gasteiger partial charge on any atom is -0.314 e. The van der Waals surface area contributed by atoms with Gasteiger partial charge in [0.05, 0.1) is 0 Å². The molecule has 3 rings (SSSR count). The summed E-state index contributed by atoms with van der Waals surface area (Å²) >= 11 is 1.35. The average Bonchev–Trinajstić information content (AvgIpc) is 2.63. The first kappa shape index (κ1) is 17.0. The monoisotopic (exact) mass is 359 g/mol. The van der Waals surface area contributed by atoms with Crippen molar-refractivity contribution >= 4 is 34.4 Å². The quantitative estimate of drug-likeness (QED) is 0.521. The molecule has 2 heterocycles. The van der Waals surface area contributed by atoms with E-state index < -0.39 is 5.56 Å². The van der Waals surface area contributed by atoms with Gasteiger partial charge in [0.15, 0.2) is 10.8 Å². The van der Waals surface area contributed by atoms with E-state index in [9.17, 15) is 14.0 Å². The number of anilines is 1. The molecule has 7 nitrogen and oxygen atoms in total. The van der Waals surface area contributed by atoms with Gasteiger partial charge < -0.3 is 4.90 Å². The number of hydrogen-bond donors (Lipinski definition) is 0. The van der Waals surface area contributed by atoms with Gasteiger partial charge in [-0.25, -0.2) is 19.3 Å². The molecule has 0 aliphatic heterocycles. The third-order valence-corrected chi connectivity index (χ3v) is 4.20. The van der Waals surface area contributed by atoms with Gasteiger partial charge in [-0.2, -0.15) is 0 Å². The molecule has 0 aliphatic rings. The van der Waals surface area contributed by atoms with Crippen LogP contribution in [0.1, 0.15) is 0 Å². The zero-order chi connectivity index (χ0) is 18.0. The standard InChI is InChI=1S/C16H14FN5O2S/c1-21(11-5-3-10(17)4-6-11)13(23)8-22-9-19-14-12(15(22)24)7-18-16(20-14)25-2/h3-7,9H,8H2,1-2H3. The van der Waals surface area contributed by atoms with E-state index >= 15 is 0 Å². The van der Waals surface area contributed by atoms with Crippen LogP contribution in [-0.4, -0.2) is 38.7 Å². The van der Waals surface area contributed by atoms with Crippen molar-refractivity contribution < 1.29 is 9.18 Å². The highest BCUT2D eigenvalue weighted by Gasteiger charge is 2.14. The van der Waals surface area contributed by atoms with Crippen LogP contribution in [-0.2, 0) is 11.3 Å². The Hall–Kier alpha value is -2.81. The van der Waals surface area contributed by atoms with Crippen LogP contribution in [0.15, 0.2) is 46.7 Å². The van der Waals surface area contributed by atoms with Crippen molar-refractivity contribution in [2.24, 2.45) is 0 Å². The number of aromatic nitrogens is 4. The summed E-state index contributed by atoms with van der Waals surface area (Å²) in [5, 5.41) is 0.766. The van der Waals surface area contributed by atoms with Gasteiger partial charge in [-0.3, -0.25) is 14.2 Å². The van der Waals surface area contributed by atoms with Gasteiger partial charge in [0, 0.05) is 18.9 Å². The first-order valence-corrected chi connectivity index (χ1v) is 8.50. The Morgan fingerprint density at radius 1 is 1.28 bits per heavy atom. The second kappa shape index (κ2) is 6.98. The van der Waals surface area contributed by atoms with Crippen LogP contribution < -0.4 is 10.5 Å². The smallest absolute Gasteiger partial charge is 0.264 e. The largest absolute Gasteiger partial charge is 0.314 e. The zero-order valence-electron chi connectivity index (χ0n) is 13.5. The molecule has 0 aliphatic carbocycles. The van der Waals surface area contributed by atoms with Crippen LogP contribution in [0, 0.1) is 5.82 Å². The maximum absolute atomic E-state index is 13.0. The summed E-state index contributed by atoms with van der Waals surface area (Å²) in [6.07, 6.45) is 4.53. The summed E-state index contributed by atoms with van der Waals surface area (Å²) in [6.45, 7) is -0.195. The summed E-state index contributed by atoms with van der Waals surface area (Å²) in [4.78, 5) is 38.6. The highest BCUT2D eigenvalue weighted by molar-refractivity contribution is 7.98. The normalized spacial score (nSPS) is 10.8. The van der Waals surface area contributed by atoms with Crippen molar-refractivity contribution in [2.75, 3.05) is 18.2 Å². The Kier molecular flexibility index (Phi) is 4.75. The van der Waals surface area contributed by atoms with Crippen LogP contribution in [0.25, 0.3) is 11.0 Å². The summed E-state index contributed by atoms with van der Waals surface area (Å²) in [7, 11) is 1.56. The molecule has 2 aromatic heterocycles. The van der Waals surface area contributed by atoms with Crippen molar-refractivity contribution in [3.05, 3.63) is 53.0 Å². The van der Waals surface area contributed by atoms with E-state index in [0.29, 0.717) is 16.5 Å². The second-order valence-corrected chi connectivity index (χ2v) is 5.97. The van der Waals surface area contributed by atoms with E-state index in [0.717, 1.165) is 0 Å². The predicted octanol–water partition coefficient (Wildman–Crippen LogP) is 1.71. The van der Waals surface area contributed by atoms with E-state index in [1.807, 2.05) is 6.26 Å². The molecule has 0 N–H and O–H groups in total. The number of rotatable bonds is 4. The van der Waals surface area contributed by atoms with Crippen molar-refractivity contribution in [3.8, 4) is 0 Å². The highest BCUT2D eigenvalue weighted by atomic mass is 32.2. The molecule has 128 valence electrons. The van der Waals surface area contributed by atoms with E-state index in [1.165, 1.54) is 58.0 Å². The summed E-state index contributed by atoms with van der Waals surface area (Å²) < 4.78 is 14.2. The average molecular weight is 359 g/mol. The summed E-state index contributed by atoms with van der Waals surface area (Å²) in [6, 6.07) is 5.52. The van der Waals surface area contributed by atoms with E-state index in [-0.39, 0.29) is 23.7 Å². The van der Waals surface area contributed by atoms with Crippen LogP contribution >= 0.6 is 11.8 Å². The number of fused-ring (bicyclic) bond motifs is 1. The molecule has 0 spiro atoms. The second-order valence-electron chi connectivity index (χ2n) is 5.20. The molecule has 0 unspecified atom stereocenters. The van der Waals surface area contributed by atoms with Crippen LogP contribution in [0.2, 0.25) is 0 Å². The fraction of sp³-hybridized carbons (Fsp3) is 0.188. The van der Waals surface area contributed by atoms with Gasteiger partial charge in [0.1, 0.15) is 24.1 Å². The number of carbonyl (C=O) groups is 1. The third kappa shape index (κ3) is 3.50. The first-order chi connectivity index (χ1) is 12.0. The van der Waals surface area contributed by atoms with Crippen molar-refractivity contribution in [3.63, 3.8) is 0 Å². The number of benzene rings is 1. The highest BCUT2D eigenvalue weighted by Crippen LogP contribution is 2.14. The Labute approximate surface area is 146 Å².